The summed E-state index contributed by atoms with van der Waals surface area (Å²) >= 11 is 0. The van der Waals surface area contributed by atoms with E-state index in [2.05, 4.69) is 0 Å². The van der Waals surface area contributed by atoms with Crippen molar-refractivity contribution in [1.82, 2.24) is 4.90 Å². The molecule has 2 aromatic carbocycles. The molecule has 2 heterocycles. The van der Waals surface area contributed by atoms with Crippen LogP contribution in [-0.2, 0) is 20.9 Å². The van der Waals surface area contributed by atoms with Crippen LogP contribution in [0.3, 0.4) is 0 Å². The summed E-state index contributed by atoms with van der Waals surface area (Å²) in [5.41, 5.74) is 2.64. The lowest BCUT2D eigenvalue weighted by molar-refractivity contribution is -0.171. The lowest BCUT2D eigenvalue weighted by Crippen LogP contribution is -2.52. The fourth-order valence-electron chi connectivity index (χ4n) is 5.29. The number of nitrogens with zero attached hydrogens (tertiary/aromatic N) is 2. The number of para-hydroxylation sites is 1. The number of benzene rings is 2. The molecule has 8 heteroatoms. The lowest BCUT2D eigenvalue weighted by atomic mass is 9.73. The molecule has 0 aromatic heterocycles. The molecule has 3 atom stereocenters. The summed E-state index contributed by atoms with van der Waals surface area (Å²) in [5, 5.41) is 0. The summed E-state index contributed by atoms with van der Waals surface area (Å²) in [6.45, 7) is 1.81. The third-order valence-corrected chi connectivity index (χ3v) is 6.57. The molecule has 0 radical (unpaired) electrons. The van der Waals surface area contributed by atoms with Crippen molar-refractivity contribution in [2.24, 2.45) is 11.8 Å². The van der Waals surface area contributed by atoms with Gasteiger partial charge in [0.15, 0.2) is 0 Å². The second-order valence-electron chi connectivity index (χ2n) is 8.41. The molecule has 164 valence electrons. The summed E-state index contributed by atoms with van der Waals surface area (Å²) in [7, 11) is 0. The molecule has 5 nitrogen and oxygen atoms in total. The third kappa shape index (κ3) is 2.89. The molecule has 3 amide bonds. The average Bonchev–Trinajstić information content (AvgIpc) is 3.21. The molecular formula is C24H19F3N2O3. The number of carbonyl (C=O) groups excluding carboxylic acids is 3. The van der Waals surface area contributed by atoms with Gasteiger partial charge in [0.2, 0.25) is 11.8 Å². The first-order valence-electron chi connectivity index (χ1n) is 10.3. The van der Waals surface area contributed by atoms with Gasteiger partial charge in [-0.25, -0.2) is 0 Å². The first-order chi connectivity index (χ1) is 15.2. The van der Waals surface area contributed by atoms with E-state index in [0.29, 0.717) is 16.0 Å². The summed E-state index contributed by atoms with van der Waals surface area (Å²) in [6.07, 6.45) is -4.84. The summed E-state index contributed by atoms with van der Waals surface area (Å²) in [5.74, 6) is -4.81. The van der Waals surface area contributed by atoms with Gasteiger partial charge in [0.05, 0.1) is 30.1 Å². The summed E-state index contributed by atoms with van der Waals surface area (Å²) < 4.78 is 40.7. The maximum Gasteiger partial charge on any atom is 0.471 e. The van der Waals surface area contributed by atoms with Crippen LogP contribution in [-0.4, -0.2) is 34.8 Å². The predicted molar refractivity (Wildman–Crippen MR) is 110 cm³/mol. The summed E-state index contributed by atoms with van der Waals surface area (Å²) in [6, 6.07) is 14.2. The molecule has 0 N–H and O–H groups in total. The Kier molecular flexibility index (Phi) is 4.51. The van der Waals surface area contributed by atoms with E-state index < -0.39 is 41.8 Å². The average molecular weight is 440 g/mol. The van der Waals surface area contributed by atoms with Crippen LogP contribution in [0.4, 0.5) is 18.9 Å². The van der Waals surface area contributed by atoms with Crippen molar-refractivity contribution in [1.29, 1.82) is 0 Å². The van der Waals surface area contributed by atoms with Crippen molar-refractivity contribution in [3.63, 3.8) is 0 Å². The Hall–Kier alpha value is -3.42. The second-order valence-corrected chi connectivity index (χ2v) is 8.41. The van der Waals surface area contributed by atoms with Gasteiger partial charge in [0.25, 0.3) is 0 Å². The molecule has 2 aromatic rings. The Morgan fingerprint density at radius 2 is 1.66 bits per heavy atom. The van der Waals surface area contributed by atoms with E-state index in [-0.39, 0.29) is 18.7 Å². The lowest BCUT2D eigenvalue weighted by Gasteiger charge is -2.35. The van der Waals surface area contributed by atoms with Crippen molar-refractivity contribution in [3.8, 4) is 0 Å². The number of hydrogen-bond donors (Lipinski definition) is 0. The monoisotopic (exact) mass is 440 g/mol. The van der Waals surface area contributed by atoms with Crippen LogP contribution >= 0.6 is 0 Å². The van der Waals surface area contributed by atoms with E-state index in [4.69, 9.17) is 0 Å². The Morgan fingerprint density at radius 1 is 1.00 bits per heavy atom. The molecule has 0 bridgehead atoms. The number of alkyl halides is 3. The first-order valence-corrected chi connectivity index (χ1v) is 10.3. The maximum absolute atomic E-state index is 13.6. The molecule has 1 unspecified atom stereocenters. The van der Waals surface area contributed by atoms with Gasteiger partial charge in [-0.1, -0.05) is 54.1 Å². The van der Waals surface area contributed by atoms with E-state index in [1.54, 1.807) is 49.4 Å². The van der Waals surface area contributed by atoms with Gasteiger partial charge >= 0.3 is 12.1 Å². The van der Waals surface area contributed by atoms with Gasteiger partial charge in [0.1, 0.15) is 0 Å². The second kappa shape index (κ2) is 7.05. The van der Waals surface area contributed by atoms with E-state index in [0.717, 1.165) is 16.0 Å². The van der Waals surface area contributed by atoms with Gasteiger partial charge < -0.3 is 0 Å². The van der Waals surface area contributed by atoms with Crippen LogP contribution in [0.5, 0.6) is 0 Å². The minimum Gasteiger partial charge on any atom is -0.296 e. The number of hydrogen-bond acceptors (Lipinski definition) is 3. The Balaban J connectivity index is 1.61. The normalized spacial score (nSPS) is 24.6. The number of anilines is 1. The van der Waals surface area contributed by atoms with E-state index >= 15 is 0 Å². The van der Waals surface area contributed by atoms with Crippen molar-refractivity contribution < 1.29 is 27.6 Å². The van der Waals surface area contributed by atoms with Crippen LogP contribution in [0.1, 0.15) is 24.5 Å². The SMILES string of the molecule is CC1=C2c3ccccc3N(C(=O)C(F)(F)F)C2[C@H]2C(=O)N(Cc3ccccc3)C(=O)[C@H]2C1. The molecule has 1 aliphatic carbocycles. The highest BCUT2D eigenvalue weighted by Gasteiger charge is 2.60. The highest BCUT2D eigenvalue weighted by atomic mass is 19.4. The number of likely N-dealkylation sites (tertiary alicyclic amines) is 1. The topological polar surface area (TPSA) is 57.7 Å². The van der Waals surface area contributed by atoms with Gasteiger partial charge in [0, 0.05) is 5.56 Å². The number of rotatable bonds is 2. The smallest absolute Gasteiger partial charge is 0.296 e. The minimum atomic E-state index is -5.11. The molecule has 5 rings (SSSR count). The Bertz CT molecular complexity index is 1170. The molecule has 2 aliphatic heterocycles. The van der Waals surface area contributed by atoms with E-state index in [1.165, 1.54) is 6.07 Å². The number of carbonyl (C=O) groups is 3. The van der Waals surface area contributed by atoms with Crippen LogP contribution in [0, 0.1) is 11.8 Å². The minimum absolute atomic E-state index is 0.0484. The molecule has 32 heavy (non-hydrogen) atoms. The van der Waals surface area contributed by atoms with Crippen LogP contribution in [0.2, 0.25) is 0 Å². The number of allylic oxidation sites excluding steroid dienone is 1. The largest absolute Gasteiger partial charge is 0.471 e. The highest BCUT2D eigenvalue weighted by Crippen LogP contribution is 2.54. The molecule has 1 saturated heterocycles. The van der Waals surface area contributed by atoms with Crippen molar-refractivity contribution >= 4 is 29.0 Å². The molecule has 3 aliphatic rings. The Morgan fingerprint density at radius 3 is 2.34 bits per heavy atom. The standard InChI is InChI=1S/C24H19F3N2O3/c1-13-11-16-19(22(31)28(21(16)30)12-14-7-3-2-4-8-14)20-18(13)15-9-5-6-10-17(15)29(20)23(32)24(25,26)27/h2-10,16,19-20H,11-12H2,1H3/t16-,19-,20?/m0/s1. The first kappa shape index (κ1) is 20.5. The van der Waals surface area contributed by atoms with Gasteiger partial charge in [-0.15, -0.1) is 0 Å². The zero-order valence-corrected chi connectivity index (χ0v) is 17.1. The maximum atomic E-state index is 13.6. The number of amides is 3. The van der Waals surface area contributed by atoms with Gasteiger partial charge in [-0.05, 0) is 30.5 Å². The van der Waals surface area contributed by atoms with Crippen molar-refractivity contribution in [3.05, 3.63) is 71.3 Å². The zero-order chi connectivity index (χ0) is 22.8. The quantitative estimate of drug-likeness (QED) is 0.665. The van der Waals surface area contributed by atoms with Crippen LogP contribution in [0.15, 0.2) is 60.2 Å². The third-order valence-electron chi connectivity index (χ3n) is 6.57. The molecule has 0 spiro atoms. The number of fused-ring (bicyclic) bond motifs is 5. The molecule has 0 saturated carbocycles. The fourth-order valence-corrected chi connectivity index (χ4v) is 5.29. The Labute approximate surface area is 182 Å². The number of halogens is 3. The molecular weight excluding hydrogens is 421 g/mol. The van der Waals surface area contributed by atoms with Crippen LogP contribution < -0.4 is 4.90 Å². The van der Waals surface area contributed by atoms with Gasteiger partial charge in [-0.3, -0.25) is 24.2 Å². The van der Waals surface area contributed by atoms with Crippen LogP contribution in [0.25, 0.3) is 5.57 Å². The van der Waals surface area contributed by atoms with E-state index in [9.17, 15) is 27.6 Å². The number of imide groups is 1. The predicted octanol–water partition coefficient (Wildman–Crippen LogP) is 3.94. The van der Waals surface area contributed by atoms with Crippen molar-refractivity contribution in [2.75, 3.05) is 4.90 Å². The molecule has 1 fully saturated rings. The van der Waals surface area contributed by atoms with E-state index in [1.807, 2.05) is 6.07 Å². The summed E-state index contributed by atoms with van der Waals surface area (Å²) in [4.78, 5) is 40.9. The fraction of sp³-hybridized carbons (Fsp3) is 0.292. The highest BCUT2D eigenvalue weighted by molar-refractivity contribution is 6.13. The van der Waals surface area contributed by atoms with Crippen molar-refractivity contribution in [2.45, 2.75) is 32.1 Å². The zero-order valence-electron chi connectivity index (χ0n) is 17.1. The van der Waals surface area contributed by atoms with Gasteiger partial charge in [-0.2, -0.15) is 13.2 Å².